The molecule has 3 rings (SSSR count). The number of fused-ring (bicyclic) bond motifs is 1. The van der Waals surface area contributed by atoms with E-state index in [9.17, 15) is 4.79 Å². The van der Waals surface area contributed by atoms with Crippen LogP contribution < -0.4 is 10.3 Å². The molecule has 1 aromatic heterocycles. The zero-order valence-electron chi connectivity index (χ0n) is 15.9. The van der Waals surface area contributed by atoms with Gasteiger partial charge in [0.25, 0.3) is 5.91 Å². The summed E-state index contributed by atoms with van der Waals surface area (Å²) in [6.07, 6.45) is 5.99. The summed E-state index contributed by atoms with van der Waals surface area (Å²) in [5, 5.41) is 4.10. The van der Waals surface area contributed by atoms with Crippen molar-refractivity contribution in [2.75, 3.05) is 11.4 Å². The molecular weight excluding hydrogens is 324 g/mol. The number of nitrogens with one attached hydrogen (secondary N) is 1. The Morgan fingerprint density at radius 3 is 2.77 bits per heavy atom. The fourth-order valence-electron chi connectivity index (χ4n) is 3.92. The summed E-state index contributed by atoms with van der Waals surface area (Å²) < 4.78 is 0. The van der Waals surface area contributed by atoms with E-state index < -0.39 is 0 Å². The van der Waals surface area contributed by atoms with Crippen molar-refractivity contribution in [3.05, 3.63) is 59.4 Å². The monoisotopic (exact) mass is 350 g/mol. The topological polar surface area (TPSA) is 57.6 Å². The summed E-state index contributed by atoms with van der Waals surface area (Å²) >= 11 is 0. The van der Waals surface area contributed by atoms with E-state index in [1.165, 1.54) is 11.3 Å². The van der Waals surface area contributed by atoms with Gasteiger partial charge in [-0.15, -0.1) is 0 Å². The Kier molecular flexibility index (Phi) is 5.07. The Bertz CT molecular complexity index is 814. The molecule has 1 unspecified atom stereocenters. The molecule has 1 aromatic carbocycles. The normalized spacial score (nSPS) is 18.6. The van der Waals surface area contributed by atoms with E-state index in [-0.39, 0.29) is 11.4 Å². The summed E-state index contributed by atoms with van der Waals surface area (Å²) in [5.74, 6) is 0.247. The van der Waals surface area contributed by atoms with E-state index in [2.05, 4.69) is 66.3 Å². The molecule has 1 amide bonds. The third-order valence-corrected chi connectivity index (χ3v) is 5.05. The van der Waals surface area contributed by atoms with E-state index in [1.807, 2.05) is 0 Å². The summed E-state index contributed by atoms with van der Waals surface area (Å²) in [7, 11) is 0. The minimum atomic E-state index is -0.242. The van der Waals surface area contributed by atoms with Crippen LogP contribution >= 0.6 is 0 Å². The summed E-state index contributed by atoms with van der Waals surface area (Å²) in [5.41, 5.74) is 6.90. The number of pyridine rings is 1. The first kappa shape index (κ1) is 18.1. The van der Waals surface area contributed by atoms with Gasteiger partial charge >= 0.3 is 0 Å². The standard InChI is InChI=1S/C21H26N4O/c1-5-25-19-7-6-16(12-18(19)15(2)13-21(25,3)4)14-23-24-20(26)17-8-10-22-11-9-17/h6-12,14-15H,5,13H2,1-4H3,(H,24,26)/b23-14+. The molecule has 1 N–H and O–H groups in total. The maximum atomic E-state index is 12.0. The molecule has 5 nitrogen and oxygen atoms in total. The van der Waals surface area contributed by atoms with E-state index in [1.54, 1.807) is 30.7 Å². The van der Waals surface area contributed by atoms with Gasteiger partial charge in [-0.3, -0.25) is 9.78 Å². The first-order valence-corrected chi connectivity index (χ1v) is 9.07. The second-order valence-electron chi connectivity index (χ2n) is 7.42. The van der Waals surface area contributed by atoms with Crippen LogP contribution in [0.3, 0.4) is 0 Å². The van der Waals surface area contributed by atoms with Crippen molar-refractivity contribution in [2.24, 2.45) is 5.10 Å². The van der Waals surface area contributed by atoms with Crippen LogP contribution in [-0.4, -0.2) is 29.2 Å². The Balaban J connectivity index is 1.77. The van der Waals surface area contributed by atoms with Crippen LogP contribution in [0.5, 0.6) is 0 Å². The van der Waals surface area contributed by atoms with Gasteiger partial charge in [-0.05, 0) is 68.5 Å². The number of nitrogens with zero attached hydrogens (tertiary/aromatic N) is 3. The van der Waals surface area contributed by atoms with Gasteiger partial charge in [-0.25, -0.2) is 5.43 Å². The van der Waals surface area contributed by atoms with Crippen molar-refractivity contribution < 1.29 is 4.79 Å². The molecule has 0 aliphatic carbocycles. The minimum absolute atomic E-state index is 0.162. The quantitative estimate of drug-likeness (QED) is 0.671. The van der Waals surface area contributed by atoms with Gasteiger partial charge in [-0.1, -0.05) is 13.0 Å². The highest BCUT2D eigenvalue weighted by Crippen LogP contribution is 2.43. The van der Waals surface area contributed by atoms with Gasteiger partial charge in [0.2, 0.25) is 0 Å². The van der Waals surface area contributed by atoms with Crippen LogP contribution in [-0.2, 0) is 0 Å². The van der Waals surface area contributed by atoms with E-state index in [4.69, 9.17) is 0 Å². The first-order valence-electron chi connectivity index (χ1n) is 9.07. The number of carbonyl (C=O) groups is 1. The molecular formula is C21H26N4O. The van der Waals surface area contributed by atoms with Gasteiger partial charge in [0.1, 0.15) is 0 Å². The lowest BCUT2D eigenvalue weighted by Crippen LogP contribution is -2.48. The Morgan fingerprint density at radius 1 is 1.35 bits per heavy atom. The molecule has 0 radical (unpaired) electrons. The largest absolute Gasteiger partial charge is 0.366 e. The van der Waals surface area contributed by atoms with E-state index >= 15 is 0 Å². The predicted molar refractivity (Wildman–Crippen MR) is 106 cm³/mol. The molecule has 1 aliphatic heterocycles. The molecule has 2 heterocycles. The maximum absolute atomic E-state index is 12.0. The Morgan fingerprint density at radius 2 is 2.08 bits per heavy atom. The average molecular weight is 350 g/mol. The summed E-state index contributed by atoms with van der Waals surface area (Å²) in [4.78, 5) is 18.4. The average Bonchev–Trinajstić information content (AvgIpc) is 2.62. The molecule has 0 fully saturated rings. The number of benzene rings is 1. The van der Waals surface area contributed by atoms with Crippen LogP contribution in [0.2, 0.25) is 0 Å². The van der Waals surface area contributed by atoms with Gasteiger partial charge in [0.15, 0.2) is 0 Å². The maximum Gasteiger partial charge on any atom is 0.271 e. The Hall–Kier alpha value is -2.69. The van der Waals surface area contributed by atoms with Crippen molar-refractivity contribution in [3.63, 3.8) is 0 Å². The smallest absolute Gasteiger partial charge is 0.271 e. The molecule has 0 spiro atoms. The van der Waals surface area contributed by atoms with Gasteiger partial charge in [0.05, 0.1) is 6.21 Å². The van der Waals surface area contributed by atoms with Crippen molar-refractivity contribution in [1.29, 1.82) is 0 Å². The highest BCUT2D eigenvalue weighted by atomic mass is 16.2. The summed E-state index contributed by atoms with van der Waals surface area (Å²) in [6, 6.07) is 9.72. The first-order chi connectivity index (χ1) is 12.4. The SMILES string of the molecule is CCN1c2ccc(/C=N/NC(=O)c3ccncc3)cc2C(C)CC1(C)C. The lowest BCUT2D eigenvalue weighted by molar-refractivity contribution is 0.0955. The third-order valence-electron chi connectivity index (χ3n) is 5.05. The second-order valence-corrected chi connectivity index (χ2v) is 7.42. The number of rotatable bonds is 4. The molecule has 0 bridgehead atoms. The molecule has 2 aromatic rings. The lowest BCUT2D eigenvalue weighted by Gasteiger charge is -2.47. The highest BCUT2D eigenvalue weighted by Gasteiger charge is 2.35. The number of aromatic nitrogens is 1. The third kappa shape index (κ3) is 3.62. The number of hydrogen-bond donors (Lipinski definition) is 1. The number of carbonyl (C=O) groups excluding carboxylic acids is 1. The number of hydrazone groups is 1. The molecule has 136 valence electrons. The van der Waals surface area contributed by atoms with Crippen LogP contribution in [0.15, 0.2) is 47.8 Å². The van der Waals surface area contributed by atoms with Crippen LogP contribution in [0.25, 0.3) is 0 Å². The zero-order chi connectivity index (χ0) is 18.7. The van der Waals surface area contributed by atoms with Crippen LogP contribution in [0, 0.1) is 0 Å². The van der Waals surface area contributed by atoms with Crippen molar-refractivity contribution >= 4 is 17.8 Å². The van der Waals surface area contributed by atoms with Crippen LogP contribution in [0.1, 0.15) is 61.5 Å². The molecule has 26 heavy (non-hydrogen) atoms. The number of hydrogen-bond acceptors (Lipinski definition) is 4. The molecule has 1 atom stereocenters. The second kappa shape index (κ2) is 7.28. The minimum Gasteiger partial charge on any atom is -0.366 e. The predicted octanol–water partition coefficient (Wildman–Crippen LogP) is 3.96. The zero-order valence-corrected chi connectivity index (χ0v) is 15.9. The number of anilines is 1. The van der Waals surface area contributed by atoms with Crippen molar-refractivity contribution in [2.45, 2.75) is 45.6 Å². The molecule has 0 saturated carbocycles. The van der Waals surface area contributed by atoms with Gasteiger partial charge in [0, 0.05) is 35.7 Å². The fourth-order valence-corrected chi connectivity index (χ4v) is 3.92. The van der Waals surface area contributed by atoms with E-state index in [0.717, 1.165) is 18.5 Å². The van der Waals surface area contributed by atoms with E-state index in [0.29, 0.717) is 11.5 Å². The highest BCUT2D eigenvalue weighted by molar-refractivity contribution is 5.94. The molecule has 1 aliphatic rings. The summed E-state index contributed by atoms with van der Waals surface area (Å²) in [6.45, 7) is 10.1. The molecule has 0 saturated heterocycles. The lowest BCUT2D eigenvalue weighted by atomic mass is 9.79. The van der Waals surface area contributed by atoms with Gasteiger partial charge < -0.3 is 4.90 Å². The Labute approximate surface area is 155 Å². The van der Waals surface area contributed by atoms with Crippen LogP contribution in [0.4, 0.5) is 5.69 Å². The number of amides is 1. The fraction of sp³-hybridized carbons (Fsp3) is 0.381. The molecule has 5 heteroatoms. The van der Waals surface area contributed by atoms with Crippen molar-refractivity contribution in [1.82, 2.24) is 10.4 Å². The van der Waals surface area contributed by atoms with Crippen molar-refractivity contribution in [3.8, 4) is 0 Å². The van der Waals surface area contributed by atoms with Gasteiger partial charge in [-0.2, -0.15) is 5.10 Å².